The van der Waals surface area contributed by atoms with Crippen molar-refractivity contribution in [1.82, 2.24) is 4.90 Å². The average Bonchev–Trinajstić information content (AvgIpc) is 2.91. The normalized spacial score (nSPS) is 25.3. The average molecular weight is 318 g/mol. The van der Waals surface area contributed by atoms with Gasteiger partial charge < -0.3 is 15.7 Å². The first kappa shape index (κ1) is 15.5. The van der Waals surface area contributed by atoms with Crippen LogP contribution < -0.4 is 5.73 Å². The Hall–Kier alpha value is -1.43. The molecule has 1 heterocycles. The van der Waals surface area contributed by atoms with Crippen molar-refractivity contribution in [3.63, 3.8) is 0 Å². The SMILES string of the molecule is CN(Cc1cc2ccccc2s1)C(=O)[C@H]1CC[C@@H](N)[C@H](O)C1. The molecule has 3 atom stereocenters. The van der Waals surface area contributed by atoms with Crippen molar-refractivity contribution in [2.75, 3.05) is 7.05 Å². The summed E-state index contributed by atoms with van der Waals surface area (Å²) in [6.45, 7) is 0.622. The van der Waals surface area contributed by atoms with Crippen LogP contribution in [-0.4, -0.2) is 35.1 Å². The van der Waals surface area contributed by atoms with E-state index in [-0.39, 0.29) is 17.9 Å². The summed E-state index contributed by atoms with van der Waals surface area (Å²) in [5.41, 5.74) is 5.81. The van der Waals surface area contributed by atoms with Crippen LogP contribution in [0.1, 0.15) is 24.1 Å². The van der Waals surface area contributed by atoms with E-state index in [4.69, 9.17) is 5.73 Å². The number of carbonyl (C=O) groups excluding carboxylic acids is 1. The van der Waals surface area contributed by atoms with Crippen LogP contribution in [0.4, 0.5) is 0 Å². The van der Waals surface area contributed by atoms with E-state index >= 15 is 0 Å². The molecule has 0 saturated heterocycles. The first-order valence-corrected chi connectivity index (χ1v) is 8.52. The van der Waals surface area contributed by atoms with Crippen molar-refractivity contribution < 1.29 is 9.90 Å². The largest absolute Gasteiger partial charge is 0.391 e. The summed E-state index contributed by atoms with van der Waals surface area (Å²) in [4.78, 5) is 15.5. The van der Waals surface area contributed by atoms with Gasteiger partial charge in [0.15, 0.2) is 0 Å². The Labute approximate surface area is 134 Å². The molecule has 118 valence electrons. The minimum Gasteiger partial charge on any atom is -0.391 e. The van der Waals surface area contributed by atoms with Crippen LogP contribution in [0.5, 0.6) is 0 Å². The molecular weight excluding hydrogens is 296 g/mol. The van der Waals surface area contributed by atoms with Gasteiger partial charge in [-0.2, -0.15) is 0 Å². The summed E-state index contributed by atoms with van der Waals surface area (Å²) in [6.07, 6.45) is 1.42. The lowest BCUT2D eigenvalue weighted by Gasteiger charge is -2.32. The molecule has 1 fully saturated rings. The van der Waals surface area contributed by atoms with Gasteiger partial charge in [-0.05, 0) is 36.8 Å². The number of benzene rings is 1. The van der Waals surface area contributed by atoms with Gasteiger partial charge in [-0.15, -0.1) is 11.3 Å². The molecule has 1 aliphatic carbocycles. The van der Waals surface area contributed by atoms with E-state index in [1.807, 2.05) is 19.2 Å². The number of hydrogen-bond donors (Lipinski definition) is 2. The smallest absolute Gasteiger partial charge is 0.225 e. The number of nitrogens with two attached hydrogens (primary N) is 1. The minimum atomic E-state index is -0.555. The molecule has 1 saturated carbocycles. The number of aliphatic hydroxyl groups is 1. The first-order chi connectivity index (χ1) is 10.5. The number of hydrogen-bond acceptors (Lipinski definition) is 4. The fourth-order valence-electron chi connectivity index (χ4n) is 3.13. The monoisotopic (exact) mass is 318 g/mol. The standard InChI is InChI=1S/C17H22N2O2S/c1-19(17(21)12-6-7-14(18)15(20)9-12)10-13-8-11-4-2-3-5-16(11)22-13/h2-5,8,12,14-15,20H,6-7,9-10,18H2,1H3/t12-,14+,15+/m0/s1. The molecule has 5 heteroatoms. The maximum atomic E-state index is 12.5. The first-order valence-electron chi connectivity index (χ1n) is 7.70. The maximum absolute atomic E-state index is 12.5. The van der Waals surface area contributed by atoms with Crippen molar-refractivity contribution in [1.29, 1.82) is 0 Å². The Morgan fingerprint density at radius 2 is 2.18 bits per heavy atom. The summed E-state index contributed by atoms with van der Waals surface area (Å²) < 4.78 is 1.25. The second kappa shape index (κ2) is 6.36. The third-order valence-electron chi connectivity index (χ3n) is 4.46. The minimum absolute atomic E-state index is 0.103. The summed E-state index contributed by atoms with van der Waals surface area (Å²) in [5, 5.41) is 11.1. The third kappa shape index (κ3) is 3.16. The lowest BCUT2D eigenvalue weighted by atomic mass is 9.83. The number of amides is 1. The van der Waals surface area contributed by atoms with Crippen molar-refractivity contribution in [3.8, 4) is 0 Å². The fraction of sp³-hybridized carbons (Fsp3) is 0.471. The highest BCUT2D eigenvalue weighted by molar-refractivity contribution is 7.19. The van der Waals surface area contributed by atoms with E-state index < -0.39 is 6.10 Å². The van der Waals surface area contributed by atoms with Gasteiger partial charge in [-0.25, -0.2) is 0 Å². The molecule has 1 amide bonds. The summed E-state index contributed by atoms with van der Waals surface area (Å²) in [7, 11) is 1.84. The molecule has 22 heavy (non-hydrogen) atoms. The number of aliphatic hydroxyl groups excluding tert-OH is 1. The van der Waals surface area contributed by atoms with E-state index in [2.05, 4.69) is 18.2 Å². The quantitative estimate of drug-likeness (QED) is 0.913. The number of rotatable bonds is 3. The van der Waals surface area contributed by atoms with Crippen LogP contribution in [0, 0.1) is 5.92 Å². The molecule has 3 N–H and O–H groups in total. The van der Waals surface area contributed by atoms with Crippen LogP contribution >= 0.6 is 11.3 Å². The summed E-state index contributed by atoms with van der Waals surface area (Å²) >= 11 is 1.73. The van der Waals surface area contributed by atoms with Crippen molar-refractivity contribution in [3.05, 3.63) is 35.2 Å². The van der Waals surface area contributed by atoms with E-state index in [1.54, 1.807) is 16.2 Å². The number of nitrogens with zero attached hydrogens (tertiary/aromatic N) is 1. The predicted octanol–water partition coefficient (Wildman–Crippen LogP) is 2.35. The van der Waals surface area contributed by atoms with E-state index in [0.717, 1.165) is 6.42 Å². The Balaban J connectivity index is 1.66. The molecule has 4 nitrogen and oxygen atoms in total. The maximum Gasteiger partial charge on any atom is 0.225 e. The molecule has 0 spiro atoms. The molecule has 3 rings (SSSR count). The zero-order chi connectivity index (χ0) is 15.7. The molecule has 1 aromatic heterocycles. The van der Waals surface area contributed by atoms with Gasteiger partial charge in [-0.1, -0.05) is 18.2 Å². The van der Waals surface area contributed by atoms with Crippen LogP contribution in [0.15, 0.2) is 30.3 Å². The van der Waals surface area contributed by atoms with Crippen molar-refractivity contribution in [2.45, 2.75) is 38.0 Å². The lowest BCUT2D eigenvalue weighted by molar-refractivity contribution is -0.137. The highest BCUT2D eigenvalue weighted by atomic mass is 32.1. The van der Waals surface area contributed by atoms with E-state index in [1.165, 1.54) is 15.0 Å². The second-order valence-corrected chi connectivity index (χ2v) is 7.35. The van der Waals surface area contributed by atoms with Crippen LogP contribution in [0.2, 0.25) is 0 Å². The number of fused-ring (bicyclic) bond motifs is 1. The van der Waals surface area contributed by atoms with Gasteiger partial charge in [0, 0.05) is 28.6 Å². The number of carbonyl (C=O) groups is 1. The van der Waals surface area contributed by atoms with Crippen LogP contribution in [0.25, 0.3) is 10.1 Å². The molecule has 0 bridgehead atoms. The van der Waals surface area contributed by atoms with Gasteiger partial charge in [0.2, 0.25) is 5.91 Å². The van der Waals surface area contributed by atoms with Gasteiger partial charge in [0.05, 0.1) is 12.6 Å². The molecule has 2 aromatic rings. The fourth-order valence-corrected chi connectivity index (χ4v) is 4.25. The van der Waals surface area contributed by atoms with Crippen molar-refractivity contribution >= 4 is 27.3 Å². The zero-order valence-electron chi connectivity index (χ0n) is 12.7. The van der Waals surface area contributed by atoms with Gasteiger partial charge >= 0.3 is 0 Å². The summed E-state index contributed by atoms with van der Waals surface area (Å²) in [5.74, 6) is 0.0117. The van der Waals surface area contributed by atoms with Crippen LogP contribution in [0.3, 0.4) is 0 Å². The van der Waals surface area contributed by atoms with Gasteiger partial charge in [-0.3, -0.25) is 4.79 Å². The molecular formula is C17H22N2O2S. The lowest BCUT2D eigenvalue weighted by Crippen LogP contribution is -2.44. The molecule has 0 aliphatic heterocycles. The number of thiophene rings is 1. The van der Waals surface area contributed by atoms with E-state index in [9.17, 15) is 9.90 Å². The van der Waals surface area contributed by atoms with Gasteiger partial charge in [0.25, 0.3) is 0 Å². The third-order valence-corrected chi connectivity index (χ3v) is 5.56. The Kier molecular flexibility index (Phi) is 4.47. The van der Waals surface area contributed by atoms with E-state index in [0.29, 0.717) is 19.4 Å². The Morgan fingerprint density at radius 3 is 2.91 bits per heavy atom. The molecule has 0 radical (unpaired) electrons. The zero-order valence-corrected chi connectivity index (χ0v) is 13.6. The second-order valence-electron chi connectivity index (χ2n) is 6.19. The Morgan fingerprint density at radius 1 is 1.41 bits per heavy atom. The highest BCUT2D eigenvalue weighted by Gasteiger charge is 2.32. The Bertz CT molecular complexity index is 636. The molecule has 0 unspecified atom stereocenters. The highest BCUT2D eigenvalue weighted by Crippen LogP contribution is 2.28. The van der Waals surface area contributed by atoms with Gasteiger partial charge in [0.1, 0.15) is 0 Å². The molecule has 1 aromatic carbocycles. The van der Waals surface area contributed by atoms with Crippen molar-refractivity contribution in [2.24, 2.45) is 11.7 Å². The predicted molar refractivity (Wildman–Crippen MR) is 89.6 cm³/mol. The topological polar surface area (TPSA) is 66.6 Å². The summed E-state index contributed by atoms with van der Waals surface area (Å²) in [6, 6.07) is 10.2. The molecule has 1 aliphatic rings. The van der Waals surface area contributed by atoms with Crippen LogP contribution in [-0.2, 0) is 11.3 Å².